The molecule has 0 aromatic heterocycles. The van der Waals surface area contributed by atoms with Crippen LogP contribution >= 0.6 is 0 Å². The van der Waals surface area contributed by atoms with Crippen LogP contribution in [0, 0.1) is 0 Å². The summed E-state index contributed by atoms with van der Waals surface area (Å²) in [7, 11) is 0. The Morgan fingerprint density at radius 1 is 1.00 bits per heavy atom. The van der Waals surface area contributed by atoms with Crippen molar-refractivity contribution >= 4 is 0 Å². The van der Waals surface area contributed by atoms with E-state index in [0.717, 1.165) is 0 Å². The van der Waals surface area contributed by atoms with Crippen molar-refractivity contribution in [3.05, 3.63) is 25.3 Å². The smallest absolute Gasteiger partial charge is 0.101 e. The van der Waals surface area contributed by atoms with E-state index in [1.54, 1.807) is 0 Å². The van der Waals surface area contributed by atoms with Crippen LogP contribution in [0.15, 0.2) is 25.3 Å². The fourth-order valence-electron chi connectivity index (χ4n) is 0.279. The molecule has 0 rings (SSSR count). The minimum atomic E-state index is -0.882. The Morgan fingerprint density at radius 2 is 1.25 bits per heavy atom. The van der Waals surface area contributed by atoms with Gasteiger partial charge in [-0.05, 0) is 0 Å². The van der Waals surface area contributed by atoms with Crippen molar-refractivity contribution in [3.63, 3.8) is 0 Å². The highest BCUT2D eigenvalue weighted by molar-refractivity contribution is 4.93. The Kier molecular flexibility index (Phi) is 3.15. The summed E-state index contributed by atoms with van der Waals surface area (Å²) in [4.78, 5) is 0. The lowest BCUT2D eigenvalue weighted by atomic mass is 10.2. The van der Waals surface area contributed by atoms with Crippen molar-refractivity contribution in [1.29, 1.82) is 0 Å². The Balaban J connectivity index is 3.60. The van der Waals surface area contributed by atoms with Crippen LogP contribution in [0.3, 0.4) is 0 Å². The molecule has 0 aromatic carbocycles. The fourth-order valence-corrected chi connectivity index (χ4v) is 0.279. The van der Waals surface area contributed by atoms with E-state index in [9.17, 15) is 0 Å². The molecular formula is C6H10O2. The molecule has 0 spiro atoms. The molecule has 0 heterocycles. The summed E-state index contributed by atoms with van der Waals surface area (Å²) in [6, 6.07) is 0. The summed E-state index contributed by atoms with van der Waals surface area (Å²) in [5.74, 6) is 0. The van der Waals surface area contributed by atoms with Gasteiger partial charge in [0.1, 0.15) is 12.2 Å². The van der Waals surface area contributed by atoms with Gasteiger partial charge in [-0.3, -0.25) is 0 Å². The zero-order chi connectivity index (χ0) is 6.57. The SMILES string of the molecule is C=C[C@H](O)[C@@H](O)C=C. The predicted molar refractivity (Wildman–Crippen MR) is 32.4 cm³/mol. The highest BCUT2D eigenvalue weighted by atomic mass is 16.3. The van der Waals surface area contributed by atoms with Crippen LogP contribution in [-0.2, 0) is 0 Å². The lowest BCUT2D eigenvalue weighted by molar-refractivity contribution is 0.0813. The van der Waals surface area contributed by atoms with E-state index in [1.807, 2.05) is 0 Å². The normalized spacial score (nSPS) is 16.8. The number of rotatable bonds is 3. The zero-order valence-electron chi connectivity index (χ0n) is 4.62. The van der Waals surface area contributed by atoms with Crippen molar-refractivity contribution in [2.45, 2.75) is 12.2 Å². The van der Waals surface area contributed by atoms with Crippen molar-refractivity contribution < 1.29 is 10.2 Å². The quantitative estimate of drug-likeness (QED) is 0.510. The van der Waals surface area contributed by atoms with Crippen molar-refractivity contribution in [1.82, 2.24) is 0 Å². The Morgan fingerprint density at radius 3 is 1.38 bits per heavy atom. The highest BCUT2D eigenvalue weighted by Gasteiger charge is 2.05. The van der Waals surface area contributed by atoms with E-state index in [2.05, 4.69) is 13.2 Å². The molecule has 0 unspecified atom stereocenters. The van der Waals surface area contributed by atoms with Crippen LogP contribution in [0.1, 0.15) is 0 Å². The van der Waals surface area contributed by atoms with Crippen LogP contribution in [0.4, 0.5) is 0 Å². The summed E-state index contributed by atoms with van der Waals surface area (Å²) in [6.45, 7) is 6.54. The van der Waals surface area contributed by atoms with Gasteiger partial charge in [0.05, 0.1) is 0 Å². The third kappa shape index (κ3) is 1.91. The van der Waals surface area contributed by atoms with E-state index in [-0.39, 0.29) is 0 Å². The molecule has 0 bridgehead atoms. The lowest BCUT2D eigenvalue weighted by Crippen LogP contribution is -2.20. The minimum absolute atomic E-state index is 0.882. The Hall–Kier alpha value is -0.600. The van der Waals surface area contributed by atoms with Gasteiger partial charge in [0.25, 0.3) is 0 Å². The van der Waals surface area contributed by atoms with Crippen LogP contribution in [0.2, 0.25) is 0 Å². The van der Waals surface area contributed by atoms with Gasteiger partial charge >= 0.3 is 0 Å². The van der Waals surface area contributed by atoms with Gasteiger partial charge in [0.2, 0.25) is 0 Å². The van der Waals surface area contributed by atoms with Gasteiger partial charge < -0.3 is 10.2 Å². The molecule has 0 aliphatic carbocycles. The molecular weight excluding hydrogens is 104 g/mol. The van der Waals surface area contributed by atoms with E-state index in [0.29, 0.717) is 0 Å². The molecule has 0 aliphatic heterocycles. The molecule has 8 heavy (non-hydrogen) atoms. The number of hydrogen-bond acceptors (Lipinski definition) is 2. The maximum atomic E-state index is 8.69. The van der Waals surface area contributed by atoms with Crippen molar-refractivity contribution in [3.8, 4) is 0 Å². The summed E-state index contributed by atoms with van der Waals surface area (Å²) in [5.41, 5.74) is 0. The minimum Gasteiger partial charge on any atom is -0.386 e. The highest BCUT2D eigenvalue weighted by Crippen LogP contribution is 1.92. The molecule has 0 radical (unpaired) electrons. The van der Waals surface area contributed by atoms with Gasteiger partial charge in [0, 0.05) is 0 Å². The zero-order valence-corrected chi connectivity index (χ0v) is 4.62. The molecule has 0 saturated heterocycles. The topological polar surface area (TPSA) is 40.5 Å². The van der Waals surface area contributed by atoms with Gasteiger partial charge in [-0.2, -0.15) is 0 Å². The monoisotopic (exact) mass is 114 g/mol. The summed E-state index contributed by atoms with van der Waals surface area (Å²) in [6.07, 6.45) is 0.749. The van der Waals surface area contributed by atoms with E-state index < -0.39 is 12.2 Å². The van der Waals surface area contributed by atoms with Crippen molar-refractivity contribution in [2.24, 2.45) is 0 Å². The Labute approximate surface area is 48.8 Å². The third-order valence-corrected chi connectivity index (χ3v) is 0.833. The average Bonchev–Trinajstić information content (AvgIpc) is 1.84. The summed E-state index contributed by atoms with van der Waals surface area (Å²) < 4.78 is 0. The molecule has 0 fully saturated rings. The maximum Gasteiger partial charge on any atom is 0.101 e. The molecule has 0 aliphatic rings. The Bertz CT molecular complexity index is 76.5. The van der Waals surface area contributed by atoms with Crippen LogP contribution in [0.5, 0.6) is 0 Å². The second-order valence-corrected chi connectivity index (χ2v) is 1.45. The third-order valence-electron chi connectivity index (χ3n) is 0.833. The number of aliphatic hydroxyl groups is 2. The molecule has 0 saturated carbocycles. The number of hydrogen-bond donors (Lipinski definition) is 2. The standard InChI is InChI=1S/C6H10O2/c1-3-5(7)6(8)4-2/h3-8H,1-2H2/t5-,6-/m0/s1. The van der Waals surface area contributed by atoms with Crippen LogP contribution in [-0.4, -0.2) is 22.4 Å². The summed E-state index contributed by atoms with van der Waals surface area (Å²) >= 11 is 0. The van der Waals surface area contributed by atoms with E-state index >= 15 is 0 Å². The van der Waals surface area contributed by atoms with Gasteiger partial charge in [-0.1, -0.05) is 12.2 Å². The second-order valence-electron chi connectivity index (χ2n) is 1.45. The molecule has 2 nitrogen and oxygen atoms in total. The average molecular weight is 114 g/mol. The molecule has 2 heteroatoms. The van der Waals surface area contributed by atoms with E-state index in [4.69, 9.17) is 10.2 Å². The first-order valence-electron chi connectivity index (χ1n) is 2.33. The first-order chi connectivity index (χ1) is 3.72. The van der Waals surface area contributed by atoms with Crippen LogP contribution < -0.4 is 0 Å². The lowest BCUT2D eigenvalue weighted by Gasteiger charge is -2.06. The number of aliphatic hydroxyl groups excluding tert-OH is 2. The first kappa shape index (κ1) is 7.40. The first-order valence-corrected chi connectivity index (χ1v) is 2.33. The van der Waals surface area contributed by atoms with Crippen molar-refractivity contribution in [2.75, 3.05) is 0 Å². The van der Waals surface area contributed by atoms with Gasteiger partial charge in [-0.15, -0.1) is 13.2 Å². The molecule has 0 aromatic rings. The largest absolute Gasteiger partial charge is 0.386 e. The fraction of sp³-hybridized carbons (Fsp3) is 0.333. The predicted octanol–water partition coefficient (Wildman–Crippen LogP) is 0.0802. The molecule has 46 valence electrons. The van der Waals surface area contributed by atoms with Gasteiger partial charge in [0.15, 0.2) is 0 Å². The molecule has 2 atom stereocenters. The second kappa shape index (κ2) is 3.41. The summed E-state index contributed by atoms with van der Waals surface area (Å²) in [5, 5.41) is 17.4. The van der Waals surface area contributed by atoms with Gasteiger partial charge in [-0.25, -0.2) is 0 Å². The van der Waals surface area contributed by atoms with E-state index in [1.165, 1.54) is 12.2 Å². The molecule has 2 N–H and O–H groups in total. The van der Waals surface area contributed by atoms with Crippen LogP contribution in [0.25, 0.3) is 0 Å². The maximum absolute atomic E-state index is 8.69. The molecule has 0 amide bonds.